The molecule has 3 heteroatoms. The highest BCUT2D eigenvalue weighted by atomic mass is 15.1. The molecular weight excluding hydrogens is 210 g/mol. The van der Waals surface area contributed by atoms with Gasteiger partial charge in [-0.25, -0.2) is 0 Å². The summed E-state index contributed by atoms with van der Waals surface area (Å²) in [5, 5.41) is 0. The molecule has 2 N–H and O–H groups in total. The number of aryl methyl sites for hydroxylation is 1. The van der Waals surface area contributed by atoms with Crippen LogP contribution in [-0.4, -0.2) is 12.0 Å². The fourth-order valence-electron chi connectivity index (χ4n) is 1.87. The Morgan fingerprint density at radius 1 is 1.29 bits per heavy atom. The van der Waals surface area contributed by atoms with E-state index in [1.165, 1.54) is 5.56 Å². The quantitative estimate of drug-likeness (QED) is 0.876. The first-order valence-electron chi connectivity index (χ1n) is 5.65. The summed E-state index contributed by atoms with van der Waals surface area (Å²) < 4.78 is 0. The van der Waals surface area contributed by atoms with Crippen molar-refractivity contribution >= 4 is 11.4 Å². The van der Waals surface area contributed by atoms with Crippen molar-refractivity contribution in [2.24, 2.45) is 5.73 Å². The van der Waals surface area contributed by atoms with E-state index in [0.29, 0.717) is 6.54 Å². The van der Waals surface area contributed by atoms with E-state index in [9.17, 15) is 0 Å². The molecular formula is C14H17N3. The normalized spacial score (nSPS) is 10.3. The zero-order valence-electron chi connectivity index (χ0n) is 10.2. The summed E-state index contributed by atoms with van der Waals surface area (Å²) >= 11 is 0. The van der Waals surface area contributed by atoms with E-state index in [1.54, 1.807) is 6.20 Å². The highest BCUT2D eigenvalue weighted by Crippen LogP contribution is 2.26. The summed E-state index contributed by atoms with van der Waals surface area (Å²) in [6, 6.07) is 10.3. The molecule has 0 aliphatic heterocycles. The predicted octanol–water partition coefficient (Wildman–Crippen LogP) is 2.62. The summed E-state index contributed by atoms with van der Waals surface area (Å²) in [6.07, 6.45) is 3.63. The van der Waals surface area contributed by atoms with E-state index in [2.05, 4.69) is 41.1 Å². The van der Waals surface area contributed by atoms with Gasteiger partial charge in [0.25, 0.3) is 0 Å². The summed E-state index contributed by atoms with van der Waals surface area (Å²) in [7, 11) is 2.03. The van der Waals surface area contributed by atoms with Crippen LogP contribution in [0.2, 0.25) is 0 Å². The lowest BCUT2D eigenvalue weighted by Gasteiger charge is -2.22. The van der Waals surface area contributed by atoms with Crippen LogP contribution in [0.4, 0.5) is 11.4 Å². The summed E-state index contributed by atoms with van der Waals surface area (Å²) in [4.78, 5) is 6.28. The Morgan fingerprint density at radius 2 is 2.12 bits per heavy atom. The first-order chi connectivity index (χ1) is 8.22. The molecule has 0 saturated heterocycles. The molecule has 3 nitrogen and oxygen atoms in total. The maximum atomic E-state index is 5.74. The average Bonchev–Trinajstić information content (AvgIpc) is 2.38. The number of aromatic nitrogens is 1. The molecule has 0 amide bonds. The van der Waals surface area contributed by atoms with Crippen molar-refractivity contribution in [1.29, 1.82) is 0 Å². The number of benzene rings is 1. The van der Waals surface area contributed by atoms with Crippen molar-refractivity contribution in [3.63, 3.8) is 0 Å². The molecule has 2 aromatic rings. The van der Waals surface area contributed by atoms with E-state index in [1.807, 2.05) is 19.3 Å². The van der Waals surface area contributed by atoms with Gasteiger partial charge < -0.3 is 10.6 Å². The van der Waals surface area contributed by atoms with Crippen LogP contribution >= 0.6 is 0 Å². The minimum absolute atomic E-state index is 0.522. The maximum Gasteiger partial charge on any atom is 0.0640 e. The molecule has 0 unspecified atom stereocenters. The third-order valence-corrected chi connectivity index (χ3v) is 2.86. The molecule has 88 valence electrons. The zero-order chi connectivity index (χ0) is 12.3. The van der Waals surface area contributed by atoms with Gasteiger partial charge in [0.05, 0.1) is 11.9 Å². The number of nitrogens with zero attached hydrogens (tertiary/aromatic N) is 2. The molecule has 0 aliphatic carbocycles. The molecule has 0 radical (unpaired) electrons. The molecule has 1 aromatic heterocycles. The van der Waals surface area contributed by atoms with E-state index >= 15 is 0 Å². The third-order valence-electron chi connectivity index (χ3n) is 2.86. The molecule has 1 aromatic carbocycles. The fourth-order valence-corrected chi connectivity index (χ4v) is 1.87. The topological polar surface area (TPSA) is 42.2 Å². The Labute approximate surface area is 102 Å². The molecule has 0 atom stereocenters. The molecule has 0 bridgehead atoms. The lowest BCUT2D eigenvalue weighted by Crippen LogP contribution is -2.13. The van der Waals surface area contributed by atoms with Gasteiger partial charge in [-0.1, -0.05) is 12.1 Å². The van der Waals surface area contributed by atoms with Crippen LogP contribution in [0.1, 0.15) is 11.1 Å². The lowest BCUT2D eigenvalue weighted by atomic mass is 10.1. The van der Waals surface area contributed by atoms with Crippen LogP contribution in [0, 0.1) is 6.92 Å². The highest BCUT2D eigenvalue weighted by Gasteiger charge is 2.08. The number of rotatable bonds is 3. The number of anilines is 2. The minimum atomic E-state index is 0.522. The second-order valence-electron chi connectivity index (χ2n) is 4.11. The largest absolute Gasteiger partial charge is 0.343 e. The number of nitrogens with two attached hydrogens (primary N) is 1. The van der Waals surface area contributed by atoms with Gasteiger partial charge in [-0.3, -0.25) is 4.98 Å². The van der Waals surface area contributed by atoms with Crippen molar-refractivity contribution in [3.8, 4) is 0 Å². The molecule has 0 saturated carbocycles. The number of hydrogen-bond acceptors (Lipinski definition) is 3. The third kappa shape index (κ3) is 2.45. The highest BCUT2D eigenvalue weighted by molar-refractivity contribution is 5.65. The van der Waals surface area contributed by atoms with Gasteiger partial charge in [0.1, 0.15) is 0 Å². The van der Waals surface area contributed by atoms with Gasteiger partial charge in [0.15, 0.2) is 0 Å². The van der Waals surface area contributed by atoms with Crippen molar-refractivity contribution < 1.29 is 0 Å². The van der Waals surface area contributed by atoms with Gasteiger partial charge in [-0.15, -0.1) is 0 Å². The number of hydrogen-bond donors (Lipinski definition) is 1. The minimum Gasteiger partial charge on any atom is -0.343 e. The smallest absolute Gasteiger partial charge is 0.0640 e. The molecule has 2 rings (SSSR count). The maximum absolute atomic E-state index is 5.74. The monoisotopic (exact) mass is 227 g/mol. The van der Waals surface area contributed by atoms with Crippen molar-refractivity contribution in [2.75, 3.05) is 11.9 Å². The molecule has 1 heterocycles. The summed E-state index contributed by atoms with van der Waals surface area (Å²) in [6.45, 7) is 2.61. The van der Waals surface area contributed by atoms with Crippen molar-refractivity contribution in [3.05, 3.63) is 53.9 Å². The second-order valence-corrected chi connectivity index (χ2v) is 4.11. The first kappa shape index (κ1) is 11.6. The van der Waals surface area contributed by atoms with Gasteiger partial charge in [0, 0.05) is 25.5 Å². The fraction of sp³-hybridized carbons (Fsp3) is 0.214. The standard InChI is InChI=1S/C14H17N3/c1-11-4-3-5-13(8-11)17(2)14-10-16-7-6-12(14)9-15/h3-8,10H,9,15H2,1-2H3. The second kappa shape index (κ2) is 4.97. The van der Waals surface area contributed by atoms with Gasteiger partial charge in [0.2, 0.25) is 0 Å². The van der Waals surface area contributed by atoms with Gasteiger partial charge in [-0.05, 0) is 36.2 Å². The van der Waals surface area contributed by atoms with Gasteiger partial charge in [-0.2, -0.15) is 0 Å². The van der Waals surface area contributed by atoms with E-state index < -0.39 is 0 Å². The van der Waals surface area contributed by atoms with Gasteiger partial charge >= 0.3 is 0 Å². The molecule has 0 fully saturated rings. The summed E-state index contributed by atoms with van der Waals surface area (Å²) in [5.41, 5.74) is 10.3. The first-order valence-corrected chi connectivity index (χ1v) is 5.65. The Bertz CT molecular complexity index is 508. The molecule has 0 aliphatic rings. The van der Waals surface area contributed by atoms with Crippen molar-refractivity contribution in [2.45, 2.75) is 13.5 Å². The lowest BCUT2D eigenvalue weighted by molar-refractivity contribution is 1.03. The predicted molar refractivity (Wildman–Crippen MR) is 71.4 cm³/mol. The van der Waals surface area contributed by atoms with Crippen LogP contribution in [-0.2, 0) is 6.54 Å². The zero-order valence-corrected chi connectivity index (χ0v) is 10.2. The number of pyridine rings is 1. The molecule has 17 heavy (non-hydrogen) atoms. The van der Waals surface area contributed by atoms with Crippen LogP contribution in [0.25, 0.3) is 0 Å². The Hall–Kier alpha value is -1.87. The van der Waals surface area contributed by atoms with Crippen LogP contribution in [0.3, 0.4) is 0 Å². The molecule has 0 spiro atoms. The van der Waals surface area contributed by atoms with Crippen LogP contribution < -0.4 is 10.6 Å². The van der Waals surface area contributed by atoms with E-state index in [0.717, 1.165) is 16.9 Å². The SMILES string of the molecule is Cc1cccc(N(C)c2cnccc2CN)c1. The Kier molecular flexibility index (Phi) is 3.40. The average molecular weight is 227 g/mol. The Morgan fingerprint density at radius 3 is 2.82 bits per heavy atom. The van der Waals surface area contributed by atoms with Crippen LogP contribution in [0.15, 0.2) is 42.7 Å². The van der Waals surface area contributed by atoms with E-state index in [-0.39, 0.29) is 0 Å². The van der Waals surface area contributed by atoms with E-state index in [4.69, 9.17) is 5.73 Å². The van der Waals surface area contributed by atoms with Crippen LogP contribution in [0.5, 0.6) is 0 Å². The Balaban J connectivity index is 2.40. The van der Waals surface area contributed by atoms with Crippen molar-refractivity contribution in [1.82, 2.24) is 4.98 Å². The summed E-state index contributed by atoms with van der Waals surface area (Å²) in [5.74, 6) is 0.